The van der Waals surface area contributed by atoms with Crippen molar-refractivity contribution < 1.29 is 28.7 Å². The van der Waals surface area contributed by atoms with Gasteiger partial charge in [-0.3, -0.25) is 9.80 Å². The standard InChI is InChI=1S/C18H24N4O5S/c1-20(2)7-9-25-16(28)19-11-15-12-22(18(24)27-15)14-5-3-13(4-6-14)21-8-10-26-17(21)23/h3-6,15H,7-12H2,1-2H3,(H,19,28)/p+1. The molecule has 10 heteroatoms. The molecule has 1 atom stereocenters. The van der Waals surface area contributed by atoms with Crippen molar-refractivity contribution in [3.05, 3.63) is 24.3 Å². The highest BCUT2D eigenvalue weighted by Gasteiger charge is 2.32. The average Bonchev–Trinajstić information content (AvgIpc) is 3.25. The predicted octanol–water partition coefficient (Wildman–Crippen LogP) is 0.00400. The van der Waals surface area contributed by atoms with Crippen molar-refractivity contribution in [1.29, 1.82) is 0 Å². The summed E-state index contributed by atoms with van der Waals surface area (Å²) in [5.74, 6) is 0. The lowest BCUT2D eigenvalue weighted by Gasteiger charge is -2.16. The number of thiocarbonyl (C=S) groups is 1. The molecule has 2 amide bonds. The van der Waals surface area contributed by atoms with Gasteiger partial charge in [-0.05, 0) is 36.5 Å². The minimum atomic E-state index is -0.414. The second kappa shape index (κ2) is 9.07. The number of cyclic esters (lactones) is 2. The largest absolute Gasteiger partial charge is 0.465 e. The van der Waals surface area contributed by atoms with Crippen LogP contribution in [0.1, 0.15) is 0 Å². The SMILES string of the molecule is C[NH+](C)CCOC(=S)NCC1CN(c2ccc(N3CCOC3=O)cc2)C(=O)O1. The summed E-state index contributed by atoms with van der Waals surface area (Å²) < 4.78 is 15.8. The Labute approximate surface area is 169 Å². The number of likely N-dealkylation sites (N-methyl/N-ethyl adjacent to an activating group) is 1. The number of rotatable bonds is 7. The summed E-state index contributed by atoms with van der Waals surface area (Å²) in [5.41, 5.74) is 1.44. The molecular weight excluding hydrogens is 384 g/mol. The Morgan fingerprint density at radius 1 is 1.21 bits per heavy atom. The summed E-state index contributed by atoms with van der Waals surface area (Å²) >= 11 is 5.13. The molecular formula is C18H25N4O5S+. The van der Waals surface area contributed by atoms with Crippen LogP contribution in [0, 0.1) is 0 Å². The summed E-state index contributed by atoms with van der Waals surface area (Å²) in [6.07, 6.45) is -1.10. The van der Waals surface area contributed by atoms with Crippen LogP contribution in [0.5, 0.6) is 0 Å². The molecule has 3 rings (SSSR count). The Bertz CT molecular complexity index is 727. The molecule has 2 aliphatic heterocycles. The first-order chi connectivity index (χ1) is 13.4. The van der Waals surface area contributed by atoms with Crippen LogP contribution in [0.4, 0.5) is 21.0 Å². The lowest BCUT2D eigenvalue weighted by Crippen LogP contribution is -3.06. The van der Waals surface area contributed by atoms with Crippen LogP contribution < -0.4 is 20.0 Å². The van der Waals surface area contributed by atoms with Gasteiger partial charge < -0.3 is 24.4 Å². The van der Waals surface area contributed by atoms with Crippen molar-refractivity contribution in [3.63, 3.8) is 0 Å². The smallest absolute Gasteiger partial charge is 0.414 e. The monoisotopic (exact) mass is 409 g/mol. The van der Waals surface area contributed by atoms with E-state index in [1.165, 1.54) is 4.90 Å². The van der Waals surface area contributed by atoms with Crippen molar-refractivity contribution in [2.24, 2.45) is 0 Å². The van der Waals surface area contributed by atoms with Crippen LogP contribution in [-0.2, 0) is 14.2 Å². The van der Waals surface area contributed by atoms with Gasteiger partial charge in [-0.1, -0.05) is 0 Å². The minimum Gasteiger partial charge on any atom is -0.465 e. The molecule has 1 aromatic carbocycles. The second-order valence-electron chi connectivity index (χ2n) is 6.87. The van der Waals surface area contributed by atoms with Gasteiger partial charge in [0.25, 0.3) is 5.17 Å². The van der Waals surface area contributed by atoms with Gasteiger partial charge in [-0.2, -0.15) is 0 Å². The number of quaternary nitrogens is 1. The molecule has 152 valence electrons. The second-order valence-corrected chi connectivity index (χ2v) is 7.24. The van der Waals surface area contributed by atoms with E-state index in [4.69, 9.17) is 26.4 Å². The van der Waals surface area contributed by atoms with Crippen molar-refractivity contribution in [3.8, 4) is 0 Å². The maximum Gasteiger partial charge on any atom is 0.414 e. The van der Waals surface area contributed by atoms with Crippen LogP contribution >= 0.6 is 12.2 Å². The van der Waals surface area contributed by atoms with Crippen molar-refractivity contribution in [1.82, 2.24) is 5.32 Å². The van der Waals surface area contributed by atoms with Gasteiger partial charge in [0.1, 0.15) is 25.9 Å². The molecule has 28 heavy (non-hydrogen) atoms. The van der Waals surface area contributed by atoms with E-state index < -0.39 is 6.09 Å². The quantitative estimate of drug-likeness (QED) is 0.614. The minimum absolute atomic E-state index is 0.303. The van der Waals surface area contributed by atoms with Gasteiger partial charge in [0, 0.05) is 11.4 Å². The summed E-state index contributed by atoms with van der Waals surface area (Å²) in [6.45, 7) is 3.07. The van der Waals surface area contributed by atoms with E-state index in [0.29, 0.717) is 43.7 Å². The third-order valence-electron chi connectivity index (χ3n) is 4.42. The Kier molecular flexibility index (Phi) is 6.53. The normalized spacial score (nSPS) is 19.0. The molecule has 9 nitrogen and oxygen atoms in total. The molecule has 2 heterocycles. The van der Waals surface area contributed by atoms with Crippen LogP contribution in [0.3, 0.4) is 0 Å². The fraction of sp³-hybridized carbons (Fsp3) is 0.500. The molecule has 0 radical (unpaired) electrons. The number of hydrogen-bond acceptors (Lipinski definition) is 6. The zero-order chi connectivity index (χ0) is 20.1. The van der Waals surface area contributed by atoms with E-state index in [0.717, 1.165) is 12.2 Å². The van der Waals surface area contributed by atoms with E-state index in [9.17, 15) is 9.59 Å². The number of nitrogens with zero attached hydrogens (tertiary/aromatic N) is 2. The highest BCUT2D eigenvalue weighted by atomic mass is 32.1. The van der Waals surface area contributed by atoms with Gasteiger partial charge in [0.2, 0.25) is 0 Å². The van der Waals surface area contributed by atoms with Crippen molar-refractivity contribution >= 4 is 41.0 Å². The topological polar surface area (TPSA) is 84.8 Å². The maximum absolute atomic E-state index is 12.2. The third kappa shape index (κ3) is 5.02. The van der Waals surface area contributed by atoms with E-state index in [1.807, 2.05) is 14.1 Å². The van der Waals surface area contributed by atoms with Crippen LogP contribution in [0.2, 0.25) is 0 Å². The molecule has 0 spiro atoms. The molecule has 2 fully saturated rings. The van der Waals surface area contributed by atoms with Gasteiger partial charge in [0.05, 0.1) is 33.7 Å². The fourth-order valence-electron chi connectivity index (χ4n) is 2.88. The van der Waals surface area contributed by atoms with E-state index in [1.54, 1.807) is 34.1 Å². The molecule has 0 bridgehead atoms. The van der Waals surface area contributed by atoms with Crippen LogP contribution in [-0.4, -0.2) is 77.0 Å². The number of nitrogens with one attached hydrogen (secondary N) is 2. The summed E-state index contributed by atoms with van der Waals surface area (Å²) in [6, 6.07) is 7.15. The Balaban J connectivity index is 1.49. The zero-order valence-corrected chi connectivity index (χ0v) is 16.8. The van der Waals surface area contributed by atoms with Crippen molar-refractivity contribution in [2.75, 3.05) is 63.3 Å². The molecule has 2 aliphatic rings. The van der Waals surface area contributed by atoms with Gasteiger partial charge >= 0.3 is 12.2 Å². The van der Waals surface area contributed by atoms with Crippen molar-refractivity contribution in [2.45, 2.75) is 6.10 Å². The first kappa shape index (κ1) is 20.2. The first-order valence-corrected chi connectivity index (χ1v) is 9.57. The molecule has 0 saturated carbocycles. The lowest BCUT2D eigenvalue weighted by molar-refractivity contribution is -0.858. The van der Waals surface area contributed by atoms with Gasteiger partial charge in [-0.25, -0.2) is 9.59 Å². The molecule has 1 aromatic rings. The molecule has 2 N–H and O–H groups in total. The summed E-state index contributed by atoms with van der Waals surface area (Å²) in [4.78, 5) is 28.2. The molecule has 0 aliphatic carbocycles. The first-order valence-electron chi connectivity index (χ1n) is 9.16. The van der Waals surface area contributed by atoms with Gasteiger partial charge in [-0.15, -0.1) is 0 Å². The summed E-state index contributed by atoms with van der Waals surface area (Å²) in [7, 11) is 4.07. The number of carbonyl (C=O) groups is 2. The van der Waals surface area contributed by atoms with E-state index in [2.05, 4.69) is 5.32 Å². The third-order valence-corrected chi connectivity index (χ3v) is 4.68. The number of hydrogen-bond donors (Lipinski definition) is 2. The fourth-order valence-corrected chi connectivity index (χ4v) is 3.04. The number of ether oxygens (including phenoxy) is 3. The number of benzene rings is 1. The Morgan fingerprint density at radius 2 is 1.89 bits per heavy atom. The Morgan fingerprint density at radius 3 is 2.50 bits per heavy atom. The number of anilines is 2. The lowest BCUT2D eigenvalue weighted by atomic mass is 10.2. The van der Waals surface area contributed by atoms with Crippen LogP contribution in [0.25, 0.3) is 0 Å². The summed E-state index contributed by atoms with van der Waals surface area (Å²) in [5, 5.41) is 3.28. The highest BCUT2D eigenvalue weighted by molar-refractivity contribution is 7.80. The highest BCUT2D eigenvalue weighted by Crippen LogP contribution is 2.26. The van der Waals surface area contributed by atoms with E-state index >= 15 is 0 Å². The van der Waals surface area contributed by atoms with Crippen LogP contribution in [0.15, 0.2) is 24.3 Å². The zero-order valence-electron chi connectivity index (χ0n) is 16.0. The molecule has 0 aromatic heterocycles. The van der Waals surface area contributed by atoms with Gasteiger partial charge in [0.15, 0.2) is 0 Å². The average molecular weight is 409 g/mol. The Hall–Kier alpha value is -2.59. The molecule has 2 saturated heterocycles. The number of carbonyl (C=O) groups excluding carboxylic acids is 2. The van der Waals surface area contributed by atoms with E-state index in [-0.39, 0.29) is 12.2 Å². The number of amides is 2. The maximum atomic E-state index is 12.2. The predicted molar refractivity (Wildman–Crippen MR) is 107 cm³/mol. The molecule has 1 unspecified atom stereocenters.